The van der Waals surface area contributed by atoms with Crippen molar-refractivity contribution >= 4 is 17.0 Å². The summed E-state index contributed by atoms with van der Waals surface area (Å²) in [6, 6.07) is 0. The van der Waals surface area contributed by atoms with E-state index in [0.29, 0.717) is 54.1 Å². The average Bonchev–Trinajstić information content (AvgIpc) is 3.24. The molecule has 0 aliphatic carbocycles. The number of aryl methyl sites for hydroxylation is 1. The van der Waals surface area contributed by atoms with E-state index in [2.05, 4.69) is 51.0 Å². The molecule has 1 fully saturated rings. The van der Waals surface area contributed by atoms with E-state index in [0.717, 1.165) is 0 Å². The predicted molar refractivity (Wildman–Crippen MR) is 97.4 cm³/mol. The normalized spacial score (nSPS) is 20.7. The van der Waals surface area contributed by atoms with Gasteiger partial charge in [-0.3, -0.25) is 0 Å². The van der Waals surface area contributed by atoms with Gasteiger partial charge < -0.3 is 14.4 Å². The molecular formula is C17H24N8O2. The standard InChI is InChI=1S/C17H24N8O2/c1-10-20-21-11(27-10)8-25-22-12-13(23-25)18-15(16(2,3)4)19-14(12)24-7-6-17(5,26)9-24/h26H,6-9H2,1-5H3/t17-/m0/s1. The van der Waals surface area contributed by atoms with Gasteiger partial charge in [-0.15, -0.1) is 20.4 Å². The van der Waals surface area contributed by atoms with Crippen molar-refractivity contribution in [3.63, 3.8) is 0 Å². The molecule has 1 aliphatic heterocycles. The molecule has 10 nitrogen and oxygen atoms in total. The van der Waals surface area contributed by atoms with Crippen LogP contribution in [0.15, 0.2) is 4.42 Å². The molecule has 1 aliphatic rings. The molecule has 3 aromatic rings. The maximum atomic E-state index is 10.4. The van der Waals surface area contributed by atoms with E-state index in [9.17, 15) is 5.11 Å². The fourth-order valence-corrected chi connectivity index (χ4v) is 3.11. The Hall–Kier alpha value is -2.62. The summed E-state index contributed by atoms with van der Waals surface area (Å²) in [5.41, 5.74) is 0.152. The summed E-state index contributed by atoms with van der Waals surface area (Å²) in [5, 5.41) is 27.3. The molecule has 0 amide bonds. The van der Waals surface area contributed by atoms with E-state index in [1.54, 1.807) is 6.92 Å². The largest absolute Gasteiger partial charge is 0.423 e. The Labute approximate surface area is 156 Å². The summed E-state index contributed by atoms with van der Waals surface area (Å²) >= 11 is 0. The van der Waals surface area contributed by atoms with Crippen molar-refractivity contribution in [2.75, 3.05) is 18.0 Å². The Balaban J connectivity index is 1.79. The molecule has 0 spiro atoms. The maximum absolute atomic E-state index is 10.4. The van der Waals surface area contributed by atoms with Crippen LogP contribution in [-0.4, -0.2) is 59.0 Å². The van der Waals surface area contributed by atoms with Gasteiger partial charge in [-0.2, -0.15) is 4.80 Å². The molecule has 1 atom stereocenters. The zero-order valence-electron chi connectivity index (χ0n) is 16.3. The van der Waals surface area contributed by atoms with Gasteiger partial charge in [-0.25, -0.2) is 9.97 Å². The fourth-order valence-electron chi connectivity index (χ4n) is 3.11. The van der Waals surface area contributed by atoms with Gasteiger partial charge in [-0.05, 0) is 13.3 Å². The van der Waals surface area contributed by atoms with E-state index in [-0.39, 0.29) is 12.0 Å². The highest BCUT2D eigenvalue weighted by Gasteiger charge is 2.34. The van der Waals surface area contributed by atoms with Crippen LogP contribution < -0.4 is 4.90 Å². The van der Waals surface area contributed by atoms with Crippen LogP contribution in [0.2, 0.25) is 0 Å². The summed E-state index contributed by atoms with van der Waals surface area (Å²) < 4.78 is 5.42. The number of aromatic nitrogens is 7. The van der Waals surface area contributed by atoms with Crippen molar-refractivity contribution < 1.29 is 9.52 Å². The first kappa shape index (κ1) is 17.8. The predicted octanol–water partition coefficient (Wildman–Crippen LogP) is 1.22. The third-order valence-corrected chi connectivity index (χ3v) is 4.54. The highest BCUT2D eigenvalue weighted by Crippen LogP contribution is 2.31. The topological polar surface area (TPSA) is 119 Å². The Kier molecular flexibility index (Phi) is 3.91. The summed E-state index contributed by atoms with van der Waals surface area (Å²) in [4.78, 5) is 12.9. The van der Waals surface area contributed by atoms with Gasteiger partial charge in [0, 0.05) is 25.4 Å². The quantitative estimate of drug-likeness (QED) is 0.723. The molecule has 1 saturated heterocycles. The Morgan fingerprint density at radius 3 is 2.56 bits per heavy atom. The van der Waals surface area contributed by atoms with Crippen LogP contribution in [-0.2, 0) is 12.0 Å². The lowest BCUT2D eigenvalue weighted by Crippen LogP contribution is -2.31. The lowest BCUT2D eigenvalue weighted by Gasteiger charge is -2.22. The second kappa shape index (κ2) is 5.95. The fraction of sp³-hybridized carbons (Fsp3) is 0.647. The molecule has 4 heterocycles. The molecule has 10 heteroatoms. The van der Waals surface area contributed by atoms with Crippen molar-refractivity contribution in [2.45, 2.75) is 58.6 Å². The van der Waals surface area contributed by atoms with Gasteiger partial charge in [0.1, 0.15) is 12.4 Å². The minimum absolute atomic E-state index is 0.238. The SMILES string of the molecule is Cc1nnc(Cn2nc3nc(C(C)(C)C)nc(N4CC[C@](C)(O)C4)c3n2)o1. The number of anilines is 1. The second-order valence-electron chi connectivity index (χ2n) is 8.41. The van der Waals surface area contributed by atoms with Crippen molar-refractivity contribution in [2.24, 2.45) is 0 Å². The van der Waals surface area contributed by atoms with Crippen LogP contribution >= 0.6 is 0 Å². The van der Waals surface area contributed by atoms with Crippen molar-refractivity contribution in [3.05, 3.63) is 17.6 Å². The number of rotatable bonds is 3. The molecular weight excluding hydrogens is 348 g/mol. The number of fused-ring (bicyclic) bond motifs is 1. The first-order valence-electron chi connectivity index (χ1n) is 9.00. The smallest absolute Gasteiger partial charge is 0.239 e. The van der Waals surface area contributed by atoms with E-state index < -0.39 is 5.60 Å². The lowest BCUT2D eigenvalue weighted by atomic mass is 9.96. The van der Waals surface area contributed by atoms with Crippen LogP contribution in [0.3, 0.4) is 0 Å². The molecule has 0 radical (unpaired) electrons. The molecule has 1 N–H and O–H groups in total. The third-order valence-electron chi connectivity index (χ3n) is 4.54. The van der Waals surface area contributed by atoms with Crippen molar-refractivity contribution in [3.8, 4) is 0 Å². The molecule has 27 heavy (non-hydrogen) atoms. The number of aliphatic hydroxyl groups is 1. The second-order valence-corrected chi connectivity index (χ2v) is 8.41. The Bertz CT molecular complexity index is 985. The summed E-state index contributed by atoms with van der Waals surface area (Å²) in [7, 11) is 0. The number of nitrogens with zero attached hydrogens (tertiary/aromatic N) is 8. The molecule has 4 rings (SSSR count). The Morgan fingerprint density at radius 2 is 1.96 bits per heavy atom. The van der Waals surface area contributed by atoms with Gasteiger partial charge in [0.05, 0.1) is 5.60 Å². The molecule has 0 bridgehead atoms. The van der Waals surface area contributed by atoms with Gasteiger partial charge >= 0.3 is 0 Å². The highest BCUT2D eigenvalue weighted by molar-refractivity contribution is 5.82. The minimum atomic E-state index is -0.740. The average molecular weight is 372 g/mol. The molecule has 0 saturated carbocycles. The van der Waals surface area contributed by atoms with E-state index in [1.807, 2.05) is 6.92 Å². The zero-order valence-corrected chi connectivity index (χ0v) is 16.3. The first-order chi connectivity index (χ1) is 12.6. The van der Waals surface area contributed by atoms with Crippen LogP contribution in [0.25, 0.3) is 11.2 Å². The van der Waals surface area contributed by atoms with E-state index >= 15 is 0 Å². The van der Waals surface area contributed by atoms with Gasteiger partial charge in [0.2, 0.25) is 17.4 Å². The van der Waals surface area contributed by atoms with Gasteiger partial charge in [0.15, 0.2) is 11.3 Å². The lowest BCUT2D eigenvalue weighted by molar-refractivity contribution is 0.0839. The molecule has 144 valence electrons. The summed E-state index contributed by atoms with van der Waals surface area (Å²) in [6.07, 6.45) is 0.679. The van der Waals surface area contributed by atoms with E-state index in [1.165, 1.54) is 4.80 Å². The van der Waals surface area contributed by atoms with Crippen LogP contribution in [0.1, 0.15) is 51.7 Å². The van der Waals surface area contributed by atoms with Gasteiger partial charge in [-0.1, -0.05) is 20.8 Å². The van der Waals surface area contributed by atoms with Crippen LogP contribution in [0, 0.1) is 6.92 Å². The van der Waals surface area contributed by atoms with Crippen molar-refractivity contribution in [1.29, 1.82) is 0 Å². The zero-order chi connectivity index (χ0) is 19.4. The number of β-amino-alcohol motifs (C(OH)–C–C–N with tert-alkyl or cyclic N) is 1. The third kappa shape index (κ3) is 3.48. The summed E-state index contributed by atoms with van der Waals surface area (Å²) in [6.45, 7) is 11.2. The van der Waals surface area contributed by atoms with Gasteiger partial charge in [0.25, 0.3) is 0 Å². The van der Waals surface area contributed by atoms with E-state index in [4.69, 9.17) is 9.40 Å². The molecule has 0 unspecified atom stereocenters. The molecule has 0 aromatic carbocycles. The van der Waals surface area contributed by atoms with Crippen molar-refractivity contribution in [1.82, 2.24) is 35.2 Å². The Morgan fingerprint density at radius 1 is 1.19 bits per heavy atom. The number of hydrogen-bond acceptors (Lipinski definition) is 9. The number of hydrogen-bond donors (Lipinski definition) is 1. The maximum Gasteiger partial charge on any atom is 0.239 e. The monoisotopic (exact) mass is 372 g/mol. The summed E-state index contributed by atoms with van der Waals surface area (Å²) in [5.74, 6) is 2.33. The van der Waals surface area contributed by atoms with Crippen LogP contribution in [0.4, 0.5) is 5.82 Å². The minimum Gasteiger partial charge on any atom is -0.423 e. The van der Waals surface area contributed by atoms with Crippen LogP contribution in [0.5, 0.6) is 0 Å². The highest BCUT2D eigenvalue weighted by atomic mass is 16.4. The molecule has 3 aromatic heterocycles. The first-order valence-corrected chi connectivity index (χ1v) is 9.00.